The molecule has 0 aliphatic rings. The zero-order valence-corrected chi connectivity index (χ0v) is 15.7. The summed E-state index contributed by atoms with van der Waals surface area (Å²) in [5.41, 5.74) is 1.02. The van der Waals surface area contributed by atoms with E-state index >= 15 is 0 Å². The molecule has 0 radical (unpaired) electrons. The summed E-state index contributed by atoms with van der Waals surface area (Å²) in [6, 6.07) is 13.6. The summed E-state index contributed by atoms with van der Waals surface area (Å²) in [6.45, 7) is 1.42. The van der Waals surface area contributed by atoms with Gasteiger partial charge in [0.25, 0.3) is 0 Å². The van der Waals surface area contributed by atoms with E-state index in [0.29, 0.717) is 22.7 Å². The third-order valence-corrected chi connectivity index (χ3v) is 4.85. The predicted molar refractivity (Wildman–Crippen MR) is 103 cm³/mol. The number of Topliss-reactive ketones (excluding diaryl/α,β-unsaturated/α-hetero) is 1. The monoisotopic (exact) mass is 391 g/mol. The molecule has 1 amide bonds. The van der Waals surface area contributed by atoms with Crippen molar-refractivity contribution in [1.82, 2.24) is 0 Å². The quantitative estimate of drug-likeness (QED) is 0.414. The number of carbonyl (C=O) groups is 3. The number of nitrogens with one attached hydrogen (secondary N) is 1. The van der Waals surface area contributed by atoms with E-state index in [1.807, 2.05) is 18.2 Å². The number of anilines is 1. The highest BCUT2D eigenvalue weighted by atomic mass is 35.5. The number of thioether (sulfide) groups is 1. The highest BCUT2D eigenvalue weighted by molar-refractivity contribution is 8.00. The molecule has 0 heterocycles. The summed E-state index contributed by atoms with van der Waals surface area (Å²) in [5.74, 6) is -0.836. The van der Waals surface area contributed by atoms with Crippen LogP contribution in [0.5, 0.6) is 0 Å². The first-order valence-corrected chi connectivity index (χ1v) is 9.32. The summed E-state index contributed by atoms with van der Waals surface area (Å²) in [4.78, 5) is 36.0. The van der Waals surface area contributed by atoms with Gasteiger partial charge in [-0.15, -0.1) is 11.8 Å². The third-order valence-electron chi connectivity index (χ3n) is 3.36. The van der Waals surface area contributed by atoms with Crippen LogP contribution >= 0.6 is 23.4 Å². The fourth-order valence-electron chi connectivity index (χ4n) is 1.96. The predicted octanol–water partition coefficient (Wildman–Crippen LogP) is 4.21. The smallest absolute Gasteiger partial charge is 0.316 e. The standard InChI is InChI=1S/C19H18ClNO4S/c1-2-18(23)21-14-9-7-13(8-10-14)16(22)11-25-19(24)12-26-17-6-4-3-5-15(17)20/h3-10H,2,11-12H2,1H3,(H,21,23). The minimum absolute atomic E-state index is 0.0685. The van der Waals surface area contributed by atoms with Gasteiger partial charge >= 0.3 is 5.97 Å². The highest BCUT2D eigenvalue weighted by Crippen LogP contribution is 2.26. The Balaban J connectivity index is 1.79. The Morgan fingerprint density at radius 1 is 1.08 bits per heavy atom. The number of esters is 1. The van der Waals surface area contributed by atoms with Crippen molar-refractivity contribution in [2.24, 2.45) is 0 Å². The first kappa shape index (κ1) is 20.0. The Morgan fingerprint density at radius 3 is 2.42 bits per heavy atom. The molecule has 136 valence electrons. The molecule has 0 saturated heterocycles. The SMILES string of the molecule is CCC(=O)Nc1ccc(C(=O)COC(=O)CSc2ccccc2Cl)cc1. The van der Waals surface area contributed by atoms with Gasteiger partial charge in [-0.2, -0.15) is 0 Å². The molecule has 0 fully saturated rings. The summed E-state index contributed by atoms with van der Waals surface area (Å²) in [5, 5.41) is 3.26. The van der Waals surface area contributed by atoms with Crippen molar-refractivity contribution in [3.05, 3.63) is 59.1 Å². The van der Waals surface area contributed by atoms with Gasteiger partial charge in [-0.05, 0) is 36.4 Å². The van der Waals surface area contributed by atoms with E-state index in [1.54, 1.807) is 37.3 Å². The lowest BCUT2D eigenvalue weighted by atomic mass is 10.1. The number of hydrogen-bond acceptors (Lipinski definition) is 5. The molecule has 26 heavy (non-hydrogen) atoms. The molecular formula is C19H18ClNO4S. The summed E-state index contributed by atoms with van der Waals surface area (Å²) < 4.78 is 5.01. The second-order valence-electron chi connectivity index (χ2n) is 5.28. The largest absolute Gasteiger partial charge is 0.457 e. The first-order valence-electron chi connectivity index (χ1n) is 7.95. The molecule has 2 aromatic rings. The van der Waals surface area contributed by atoms with Crippen LogP contribution in [0, 0.1) is 0 Å². The molecule has 0 unspecified atom stereocenters. The Bertz CT molecular complexity index is 792. The van der Waals surface area contributed by atoms with Gasteiger partial charge in [0.2, 0.25) is 5.91 Å². The molecule has 0 aliphatic heterocycles. The third kappa shape index (κ3) is 6.20. The van der Waals surface area contributed by atoms with Crippen molar-refractivity contribution in [3.63, 3.8) is 0 Å². The fourth-order valence-corrected chi connectivity index (χ4v) is 3.00. The van der Waals surface area contributed by atoms with Gasteiger partial charge in [-0.1, -0.05) is 30.7 Å². The second-order valence-corrected chi connectivity index (χ2v) is 6.71. The number of amides is 1. The van der Waals surface area contributed by atoms with Crippen molar-refractivity contribution >= 4 is 46.7 Å². The lowest BCUT2D eigenvalue weighted by Gasteiger charge is -2.07. The normalized spacial score (nSPS) is 10.2. The zero-order chi connectivity index (χ0) is 18.9. The van der Waals surface area contributed by atoms with Crippen LogP contribution in [0.2, 0.25) is 5.02 Å². The number of benzene rings is 2. The van der Waals surface area contributed by atoms with E-state index in [-0.39, 0.29) is 24.1 Å². The van der Waals surface area contributed by atoms with Gasteiger partial charge in [0.15, 0.2) is 12.4 Å². The van der Waals surface area contributed by atoms with Crippen LogP contribution in [0.15, 0.2) is 53.4 Å². The molecule has 1 N–H and O–H groups in total. The van der Waals surface area contributed by atoms with Gasteiger partial charge < -0.3 is 10.1 Å². The Kier molecular flexibility index (Phi) is 7.69. The Hall–Kier alpha value is -2.31. The van der Waals surface area contributed by atoms with Crippen molar-refractivity contribution in [3.8, 4) is 0 Å². The first-order chi connectivity index (χ1) is 12.5. The van der Waals surface area contributed by atoms with E-state index < -0.39 is 5.97 Å². The molecule has 0 aromatic heterocycles. The van der Waals surface area contributed by atoms with E-state index in [1.165, 1.54) is 11.8 Å². The van der Waals surface area contributed by atoms with Gasteiger partial charge in [0.1, 0.15) is 0 Å². The number of ketones is 1. The second kappa shape index (κ2) is 9.99. The minimum Gasteiger partial charge on any atom is -0.457 e. The average Bonchev–Trinajstić information content (AvgIpc) is 2.66. The molecule has 0 saturated carbocycles. The van der Waals surface area contributed by atoms with Gasteiger partial charge in [0, 0.05) is 22.6 Å². The maximum atomic E-state index is 12.1. The van der Waals surface area contributed by atoms with Crippen LogP contribution in [0.4, 0.5) is 5.69 Å². The van der Waals surface area contributed by atoms with Crippen LogP contribution in [-0.2, 0) is 14.3 Å². The maximum absolute atomic E-state index is 12.1. The van der Waals surface area contributed by atoms with Crippen molar-refractivity contribution in [2.45, 2.75) is 18.2 Å². The Labute approximate surface area is 161 Å². The molecule has 5 nitrogen and oxygen atoms in total. The molecule has 7 heteroatoms. The lowest BCUT2D eigenvalue weighted by Crippen LogP contribution is -2.15. The van der Waals surface area contributed by atoms with E-state index in [9.17, 15) is 14.4 Å². The average molecular weight is 392 g/mol. The fraction of sp³-hybridized carbons (Fsp3) is 0.211. The molecule has 2 aromatic carbocycles. The van der Waals surface area contributed by atoms with Crippen LogP contribution in [0.3, 0.4) is 0 Å². The summed E-state index contributed by atoms with van der Waals surface area (Å²) in [7, 11) is 0. The molecule has 0 bridgehead atoms. The lowest BCUT2D eigenvalue weighted by molar-refractivity contribution is -0.139. The number of ether oxygens (including phenoxy) is 1. The van der Waals surface area contributed by atoms with Crippen LogP contribution in [0.25, 0.3) is 0 Å². The summed E-state index contributed by atoms with van der Waals surface area (Å²) in [6.07, 6.45) is 0.378. The van der Waals surface area contributed by atoms with Crippen LogP contribution < -0.4 is 5.32 Å². The highest BCUT2D eigenvalue weighted by Gasteiger charge is 2.11. The Morgan fingerprint density at radius 2 is 1.77 bits per heavy atom. The number of halogens is 1. The molecular weight excluding hydrogens is 374 g/mol. The summed E-state index contributed by atoms with van der Waals surface area (Å²) >= 11 is 7.27. The molecule has 2 rings (SSSR count). The van der Waals surface area contributed by atoms with E-state index in [4.69, 9.17) is 16.3 Å². The zero-order valence-electron chi connectivity index (χ0n) is 14.2. The maximum Gasteiger partial charge on any atom is 0.316 e. The van der Waals surface area contributed by atoms with E-state index in [2.05, 4.69) is 5.32 Å². The van der Waals surface area contributed by atoms with E-state index in [0.717, 1.165) is 4.90 Å². The number of rotatable bonds is 8. The topological polar surface area (TPSA) is 72.5 Å². The van der Waals surface area contributed by atoms with Gasteiger partial charge in [-0.3, -0.25) is 14.4 Å². The van der Waals surface area contributed by atoms with Crippen molar-refractivity contribution < 1.29 is 19.1 Å². The number of hydrogen-bond donors (Lipinski definition) is 1. The minimum atomic E-state index is -0.491. The van der Waals surface area contributed by atoms with Gasteiger partial charge in [0.05, 0.1) is 10.8 Å². The van der Waals surface area contributed by atoms with Crippen molar-refractivity contribution in [2.75, 3.05) is 17.7 Å². The van der Waals surface area contributed by atoms with Crippen molar-refractivity contribution in [1.29, 1.82) is 0 Å². The molecule has 0 aliphatic carbocycles. The van der Waals surface area contributed by atoms with Gasteiger partial charge in [-0.25, -0.2) is 0 Å². The number of carbonyl (C=O) groups excluding carboxylic acids is 3. The molecule has 0 atom stereocenters. The molecule has 0 spiro atoms. The van der Waals surface area contributed by atoms with Crippen LogP contribution in [-0.4, -0.2) is 30.0 Å². The van der Waals surface area contributed by atoms with Crippen LogP contribution in [0.1, 0.15) is 23.7 Å².